The lowest BCUT2D eigenvalue weighted by atomic mass is 10.0. The van der Waals surface area contributed by atoms with Crippen molar-refractivity contribution in [3.8, 4) is 5.75 Å². The number of benzene rings is 2. The van der Waals surface area contributed by atoms with Crippen LogP contribution in [0.15, 0.2) is 60.8 Å². The molecule has 0 unspecified atom stereocenters. The Morgan fingerprint density at radius 3 is 2.50 bits per heavy atom. The molecular weight excluding hydrogens is 356 g/mol. The number of rotatable bonds is 7. The number of aromatic amines is 1. The first-order chi connectivity index (χ1) is 13.5. The zero-order valence-electron chi connectivity index (χ0n) is 16.0. The maximum atomic E-state index is 12.7. The van der Waals surface area contributed by atoms with Gasteiger partial charge in [0.15, 0.2) is 5.75 Å². The van der Waals surface area contributed by atoms with Gasteiger partial charge in [-0.15, -0.1) is 0 Å². The predicted octanol–water partition coefficient (Wildman–Crippen LogP) is 4.41. The van der Waals surface area contributed by atoms with E-state index in [1.165, 1.54) is 0 Å². The van der Waals surface area contributed by atoms with Crippen LogP contribution >= 0.6 is 0 Å². The molecule has 0 saturated heterocycles. The highest BCUT2D eigenvalue weighted by molar-refractivity contribution is 5.90. The van der Waals surface area contributed by atoms with Crippen LogP contribution in [0.2, 0.25) is 0 Å². The van der Waals surface area contributed by atoms with Crippen molar-refractivity contribution in [1.82, 2.24) is 10.3 Å². The molecule has 6 nitrogen and oxygen atoms in total. The average molecular weight is 380 g/mol. The minimum absolute atomic E-state index is 0.137. The molecule has 28 heavy (non-hydrogen) atoms. The summed E-state index contributed by atoms with van der Waals surface area (Å²) in [6.45, 7) is 4.09. The Kier molecular flexibility index (Phi) is 6.32. The molecule has 1 heterocycles. The average Bonchev–Trinajstić information content (AvgIpc) is 3.09. The highest BCUT2D eigenvalue weighted by Gasteiger charge is 2.25. The second-order valence-corrected chi connectivity index (χ2v) is 7.01. The van der Waals surface area contributed by atoms with E-state index in [0.29, 0.717) is 12.2 Å². The van der Waals surface area contributed by atoms with Gasteiger partial charge in [0.25, 0.3) is 0 Å². The van der Waals surface area contributed by atoms with E-state index in [1.807, 2.05) is 68.4 Å². The topological polar surface area (TPSA) is 80.4 Å². The van der Waals surface area contributed by atoms with Gasteiger partial charge in [-0.3, -0.25) is 0 Å². The fraction of sp³-hybridized carbons (Fsp3) is 0.273. The van der Waals surface area contributed by atoms with Gasteiger partial charge in [-0.05, 0) is 30.0 Å². The second kappa shape index (κ2) is 9.08. The first kappa shape index (κ1) is 19.5. The molecule has 0 spiro atoms. The molecule has 0 saturated carbocycles. The van der Waals surface area contributed by atoms with Crippen LogP contribution in [0.5, 0.6) is 5.75 Å². The largest absolute Gasteiger partial charge is 0.445 e. The van der Waals surface area contributed by atoms with E-state index in [9.17, 15) is 9.59 Å². The minimum atomic E-state index is -0.795. The molecule has 146 valence electrons. The van der Waals surface area contributed by atoms with Gasteiger partial charge in [0.05, 0.1) is 0 Å². The van der Waals surface area contributed by atoms with Gasteiger partial charge in [-0.25, -0.2) is 9.59 Å². The number of esters is 1. The predicted molar refractivity (Wildman–Crippen MR) is 107 cm³/mol. The van der Waals surface area contributed by atoms with Crippen molar-refractivity contribution in [2.24, 2.45) is 5.92 Å². The molecule has 0 aliphatic carbocycles. The molecule has 3 rings (SSSR count). The highest BCUT2D eigenvalue weighted by atomic mass is 16.6. The lowest BCUT2D eigenvalue weighted by Crippen LogP contribution is -2.44. The summed E-state index contributed by atoms with van der Waals surface area (Å²) < 4.78 is 10.8. The number of ether oxygens (including phenoxy) is 2. The standard InChI is InChI=1S/C22H24N2O4/c1-15(2)12-19(24-22(26)27-14-16-8-4-3-5-9-16)21(25)28-20-13-23-18-11-7-6-10-17(18)20/h3-11,13,15,19,23H,12,14H2,1-2H3,(H,24,26)/t19-/m0/s1. The number of carbonyl (C=O) groups is 2. The van der Waals surface area contributed by atoms with Crippen LogP contribution in [0.25, 0.3) is 10.9 Å². The number of para-hydroxylation sites is 1. The van der Waals surface area contributed by atoms with E-state index >= 15 is 0 Å². The third kappa shape index (κ3) is 5.13. The number of carbonyl (C=O) groups excluding carboxylic acids is 2. The van der Waals surface area contributed by atoms with Gasteiger partial charge in [-0.2, -0.15) is 0 Å². The van der Waals surface area contributed by atoms with Crippen molar-refractivity contribution in [3.63, 3.8) is 0 Å². The molecule has 2 aromatic carbocycles. The van der Waals surface area contributed by atoms with Crippen LogP contribution in [-0.2, 0) is 16.1 Å². The quantitative estimate of drug-likeness (QED) is 0.595. The Labute approximate surface area is 163 Å². The van der Waals surface area contributed by atoms with Gasteiger partial charge in [0, 0.05) is 17.1 Å². The van der Waals surface area contributed by atoms with Crippen LogP contribution in [0.1, 0.15) is 25.8 Å². The summed E-state index contributed by atoms with van der Waals surface area (Å²) in [7, 11) is 0. The van der Waals surface area contributed by atoms with Crippen LogP contribution in [0.3, 0.4) is 0 Å². The lowest BCUT2D eigenvalue weighted by Gasteiger charge is -2.19. The molecule has 1 amide bonds. The number of aromatic nitrogens is 1. The van der Waals surface area contributed by atoms with Crippen LogP contribution < -0.4 is 10.1 Å². The van der Waals surface area contributed by atoms with Gasteiger partial charge < -0.3 is 19.8 Å². The van der Waals surface area contributed by atoms with E-state index in [0.717, 1.165) is 16.5 Å². The van der Waals surface area contributed by atoms with Gasteiger partial charge in [0.1, 0.15) is 12.6 Å². The van der Waals surface area contributed by atoms with Crippen molar-refractivity contribution >= 4 is 23.0 Å². The molecule has 0 bridgehead atoms. The third-order valence-corrected chi connectivity index (χ3v) is 4.26. The van der Waals surface area contributed by atoms with Crippen molar-refractivity contribution in [1.29, 1.82) is 0 Å². The van der Waals surface area contributed by atoms with Crippen molar-refractivity contribution < 1.29 is 19.1 Å². The second-order valence-electron chi connectivity index (χ2n) is 7.01. The Morgan fingerprint density at radius 2 is 1.75 bits per heavy atom. The molecule has 3 aromatic rings. The molecule has 0 aliphatic heterocycles. The summed E-state index contributed by atoms with van der Waals surface area (Å²) in [6, 6.07) is 16.1. The van der Waals surface area contributed by atoms with E-state index in [1.54, 1.807) is 6.20 Å². The summed E-state index contributed by atoms with van der Waals surface area (Å²) in [6.07, 6.45) is 1.44. The van der Waals surface area contributed by atoms with Gasteiger partial charge in [0.2, 0.25) is 0 Å². The Bertz CT molecular complexity index is 934. The van der Waals surface area contributed by atoms with Gasteiger partial charge in [-0.1, -0.05) is 56.3 Å². The van der Waals surface area contributed by atoms with E-state index in [4.69, 9.17) is 9.47 Å². The van der Waals surface area contributed by atoms with Gasteiger partial charge >= 0.3 is 12.1 Å². The van der Waals surface area contributed by atoms with Crippen LogP contribution in [0.4, 0.5) is 4.79 Å². The molecule has 0 radical (unpaired) electrons. The number of amides is 1. The molecule has 6 heteroatoms. The number of hydrogen-bond acceptors (Lipinski definition) is 4. The SMILES string of the molecule is CC(C)C[C@H](NC(=O)OCc1ccccc1)C(=O)Oc1c[nH]c2ccccc12. The Balaban J connectivity index is 1.63. The van der Waals surface area contributed by atoms with Crippen molar-refractivity contribution in [2.75, 3.05) is 0 Å². The molecule has 0 aliphatic rings. The maximum Gasteiger partial charge on any atom is 0.408 e. The highest BCUT2D eigenvalue weighted by Crippen LogP contribution is 2.25. The number of nitrogens with one attached hydrogen (secondary N) is 2. The van der Waals surface area contributed by atoms with Crippen LogP contribution in [0, 0.1) is 5.92 Å². The molecule has 0 fully saturated rings. The third-order valence-electron chi connectivity index (χ3n) is 4.26. The van der Waals surface area contributed by atoms with Crippen molar-refractivity contribution in [2.45, 2.75) is 32.9 Å². The fourth-order valence-corrected chi connectivity index (χ4v) is 2.90. The monoisotopic (exact) mass is 380 g/mol. The maximum absolute atomic E-state index is 12.7. The fourth-order valence-electron chi connectivity index (χ4n) is 2.90. The summed E-state index contributed by atoms with van der Waals surface area (Å²) in [5.41, 5.74) is 1.75. The number of hydrogen-bond donors (Lipinski definition) is 2. The number of H-pyrrole nitrogens is 1. The summed E-state index contributed by atoms with van der Waals surface area (Å²) >= 11 is 0. The minimum Gasteiger partial charge on any atom is -0.445 e. The number of fused-ring (bicyclic) bond motifs is 1. The van der Waals surface area contributed by atoms with E-state index < -0.39 is 18.1 Å². The summed E-state index contributed by atoms with van der Waals surface area (Å²) in [5, 5.41) is 3.44. The Morgan fingerprint density at radius 1 is 1.04 bits per heavy atom. The Hall–Kier alpha value is -3.28. The van der Waals surface area contributed by atoms with E-state index in [2.05, 4.69) is 10.3 Å². The molecule has 1 atom stereocenters. The lowest BCUT2D eigenvalue weighted by molar-refractivity contribution is -0.137. The first-order valence-corrected chi connectivity index (χ1v) is 9.28. The zero-order valence-corrected chi connectivity index (χ0v) is 16.0. The zero-order chi connectivity index (χ0) is 19.9. The van der Waals surface area contributed by atoms with E-state index in [-0.39, 0.29) is 12.5 Å². The normalized spacial score (nSPS) is 12.0. The molecular formula is C22H24N2O4. The van der Waals surface area contributed by atoms with Crippen molar-refractivity contribution in [3.05, 3.63) is 66.4 Å². The molecule has 2 N–H and O–H groups in total. The number of alkyl carbamates (subject to hydrolysis) is 1. The summed E-state index contributed by atoms with van der Waals surface area (Å²) in [4.78, 5) is 27.9. The molecule has 1 aromatic heterocycles. The smallest absolute Gasteiger partial charge is 0.408 e. The first-order valence-electron chi connectivity index (χ1n) is 9.28. The summed E-state index contributed by atoms with van der Waals surface area (Å²) in [5.74, 6) is 0.110. The van der Waals surface area contributed by atoms with Crippen LogP contribution in [-0.4, -0.2) is 23.1 Å².